The molecule has 3 N–H and O–H groups in total. The number of hydrogen-bond acceptors (Lipinski definition) is 5. The largest absolute Gasteiger partial charge is 0.356 e. The average molecular weight is 240 g/mol. The normalized spacial score (nSPS) is 12.4. The Hall–Kier alpha value is -1.43. The van der Waals surface area contributed by atoms with E-state index in [1.165, 1.54) is 0 Å². The van der Waals surface area contributed by atoms with E-state index in [9.17, 15) is 4.79 Å². The summed E-state index contributed by atoms with van der Waals surface area (Å²) in [6, 6.07) is 0. The van der Waals surface area contributed by atoms with Crippen molar-refractivity contribution in [2.75, 3.05) is 13.1 Å². The summed E-state index contributed by atoms with van der Waals surface area (Å²) in [5.74, 6) is 1.60. The average Bonchev–Trinajstić information content (AvgIpc) is 2.72. The number of aromatic nitrogens is 2. The van der Waals surface area contributed by atoms with Crippen LogP contribution in [0.1, 0.15) is 31.5 Å². The van der Waals surface area contributed by atoms with Crippen molar-refractivity contribution in [2.24, 2.45) is 11.7 Å². The van der Waals surface area contributed by atoms with E-state index in [2.05, 4.69) is 15.5 Å². The van der Waals surface area contributed by atoms with Gasteiger partial charge in [0.25, 0.3) is 0 Å². The molecule has 0 aromatic carbocycles. The first kappa shape index (κ1) is 13.6. The molecule has 1 rings (SSSR count). The van der Waals surface area contributed by atoms with Crippen LogP contribution in [0.3, 0.4) is 0 Å². The van der Waals surface area contributed by atoms with E-state index >= 15 is 0 Å². The third kappa shape index (κ3) is 5.44. The van der Waals surface area contributed by atoms with E-state index in [-0.39, 0.29) is 5.91 Å². The summed E-state index contributed by atoms with van der Waals surface area (Å²) >= 11 is 0. The molecule has 0 bridgehead atoms. The van der Waals surface area contributed by atoms with Gasteiger partial charge in [0.2, 0.25) is 11.8 Å². The van der Waals surface area contributed by atoms with Gasteiger partial charge in [0.15, 0.2) is 5.82 Å². The van der Waals surface area contributed by atoms with Crippen molar-refractivity contribution in [3.8, 4) is 0 Å². The monoisotopic (exact) mass is 240 g/mol. The summed E-state index contributed by atoms with van der Waals surface area (Å²) in [5, 5.41) is 6.48. The van der Waals surface area contributed by atoms with Crippen molar-refractivity contribution < 1.29 is 9.32 Å². The SMILES string of the molecule is Cc1noc(CCNC(=O)CCC(C)CN)n1. The minimum Gasteiger partial charge on any atom is -0.356 e. The minimum absolute atomic E-state index is 0.0431. The number of amides is 1. The lowest BCUT2D eigenvalue weighted by molar-refractivity contribution is -0.121. The van der Waals surface area contributed by atoms with E-state index in [0.29, 0.717) is 43.6 Å². The summed E-state index contributed by atoms with van der Waals surface area (Å²) in [4.78, 5) is 15.5. The summed E-state index contributed by atoms with van der Waals surface area (Å²) in [5.41, 5.74) is 5.48. The lowest BCUT2D eigenvalue weighted by Gasteiger charge is -2.07. The Morgan fingerprint density at radius 3 is 2.94 bits per heavy atom. The second-order valence-corrected chi connectivity index (χ2v) is 4.21. The van der Waals surface area contributed by atoms with Gasteiger partial charge in [0.1, 0.15) is 0 Å². The van der Waals surface area contributed by atoms with Crippen LogP contribution in [0.15, 0.2) is 4.52 Å². The number of nitrogens with zero attached hydrogens (tertiary/aromatic N) is 2. The second kappa shape index (κ2) is 7.01. The Kier molecular flexibility index (Phi) is 5.62. The van der Waals surface area contributed by atoms with Crippen LogP contribution in [0.25, 0.3) is 0 Å². The van der Waals surface area contributed by atoms with Gasteiger partial charge in [0.05, 0.1) is 0 Å². The zero-order chi connectivity index (χ0) is 12.7. The number of nitrogens with one attached hydrogen (secondary N) is 1. The molecule has 0 saturated heterocycles. The first-order chi connectivity index (χ1) is 8.11. The third-order valence-electron chi connectivity index (χ3n) is 2.50. The molecule has 1 atom stereocenters. The molecule has 0 radical (unpaired) electrons. The summed E-state index contributed by atoms with van der Waals surface area (Å²) < 4.78 is 4.93. The molecule has 1 aromatic heterocycles. The smallest absolute Gasteiger partial charge is 0.228 e. The van der Waals surface area contributed by atoms with Crippen LogP contribution in [0.4, 0.5) is 0 Å². The summed E-state index contributed by atoms with van der Waals surface area (Å²) in [6.07, 6.45) is 1.91. The van der Waals surface area contributed by atoms with E-state index in [4.69, 9.17) is 10.3 Å². The molecule has 6 nitrogen and oxygen atoms in total. The molecule has 17 heavy (non-hydrogen) atoms. The van der Waals surface area contributed by atoms with Crippen LogP contribution >= 0.6 is 0 Å². The molecular weight excluding hydrogens is 220 g/mol. The fourth-order valence-corrected chi connectivity index (χ4v) is 1.33. The molecule has 1 heterocycles. The van der Waals surface area contributed by atoms with Crippen LogP contribution in [0.2, 0.25) is 0 Å². The molecule has 96 valence electrons. The van der Waals surface area contributed by atoms with Gasteiger partial charge in [-0.1, -0.05) is 12.1 Å². The van der Waals surface area contributed by atoms with Gasteiger partial charge in [-0.15, -0.1) is 0 Å². The molecule has 1 unspecified atom stereocenters. The Balaban J connectivity index is 2.12. The zero-order valence-electron chi connectivity index (χ0n) is 10.4. The molecule has 1 aromatic rings. The van der Waals surface area contributed by atoms with E-state index in [1.807, 2.05) is 6.92 Å². The van der Waals surface area contributed by atoms with E-state index < -0.39 is 0 Å². The number of nitrogens with two attached hydrogens (primary N) is 1. The van der Waals surface area contributed by atoms with Crippen molar-refractivity contribution >= 4 is 5.91 Å². The van der Waals surface area contributed by atoms with Crippen molar-refractivity contribution in [3.63, 3.8) is 0 Å². The highest BCUT2D eigenvalue weighted by Crippen LogP contribution is 2.02. The number of aryl methyl sites for hydroxylation is 1. The highest BCUT2D eigenvalue weighted by molar-refractivity contribution is 5.75. The molecule has 0 aliphatic carbocycles. The van der Waals surface area contributed by atoms with Crippen molar-refractivity contribution in [1.29, 1.82) is 0 Å². The Labute approximate surface area is 101 Å². The molecule has 0 aliphatic rings. The first-order valence-electron chi connectivity index (χ1n) is 5.87. The van der Waals surface area contributed by atoms with E-state index in [0.717, 1.165) is 6.42 Å². The summed E-state index contributed by atoms with van der Waals surface area (Å²) in [6.45, 7) is 4.94. The number of hydrogen-bond donors (Lipinski definition) is 2. The molecule has 1 amide bonds. The van der Waals surface area contributed by atoms with Gasteiger partial charge in [-0.2, -0.15) is 4.98 Å². The van der Waals surface area contributed by atoms with Gasteiger partial charge >= 0.3 is 0 Å². The van der Waals surface area contributed by atoms with Crippen LogP contribution in [0, 0.1) is 12.8 Å². The predicted molar refractivity (Wildman–Crippen MR) is 63.2 cm³/mol. The molecule has 0 fully saturated rings. The molecule has 6 heteroatoms. The molecule has 0 aliphatic heterocycles. The van der Waals surface area contributed by atoms with Crippen LogP contribution in [0.5, 0.6) is 0 Å². The fraction of sp³-hybridized carbons (Fsp3) is 0.727. The van der Waals surface area contributed by atoms with Crippen LogP contribution < -0.4 is 11.1 Å². The minimum atomic E-state index is 0.0431. The van der Waals surface area contributed by atoms with Gasteiger partial charge < -0.3 is 15.6 Å². The van der Waals surface area contributed by atoms with Crippen molar-refractivity contribution in [2.45, 2.75) is 33.1 Å². The number of carbonyl (C=O) groups excluding carboxylic acids is 1. The van der Waals surface area contributed by atoms with Crippen LogP contribution in [-0.4, -0.2) is 29.1 Å². The second-order valence-electron chi connectivity index (χ2n) is 4.21. The number of carbonyl (C=O) groups is 1. The van der Waals surface area contributed by atoms with Gasteiger partial charge in [-0.05, 0) is 25.8 Å². The lowest BCUT2D eigenvalue weighted by Crippen LogP contribution is -2.26. The van der Waals surface area contributed by atoms with Gasteiger partial charge in [-0.25, -0.2) is 0 Å². The topological polar surface area (TPSA) is 94.0 Å². The Morgan fingerprint density at radius 1 is 1.59 bits per heavy atom. The highest BCUT2D eigenvalue weighted by Gasteiger charge is 2.06. The number of rotatable bonds is 7. The summed E-state index contributed by atoms with van der Waals surface area (Å²) in [7, 11) is 0. The predicted octanol–water partition coefficient (Wildman–Crippen LogP) is 0.412. The van der Waals surface area contributed by atoms with E-state index in [1.54, 1.807) is 6.92 Å². The Morgan fingerprint density at radius 2 is 2.35 bits per heavy atom. The highest BCUT2D eigenvalue weighted by atomic mass is 16.5. The quantitative estimate of drug-likeness (QED) is 0.720. The van der Waals surface area contributed by atoms with Crippen molar-refractivity contribution in [1.82, 2.24) is 15.5 Å². The van der Waals surface area contributed by atoms with Crippen molar-refractivity contribution in [3.05, 3.63) is 11.7 Å². The van der Waals surface area contributed by atoms with Gasteiger partial charge in [-0.3, -0.25) is 4.79 Å². The maximum absolute atomic E-state index is 11.4. The maximum atomic E-state index is 11.4. The zero-order valence-corrected chi connectivity index (χ0v) is 10.4. The fourth-order valence-electron chi connectivity index (χ4n) is 1.33. The Bertz CT molecular complexity index is 351. The molecule has 0 saturated carbocycles. The van der Waals surface area contributed by atoms with Crippen LogP contribution in [-0.2, 0) is 11.2 Å². The standard InChI is InChI=1S/C11H20N4O2/c1-8(7-12)3-4-10(16)13-6-5-11-14-9(2)15-17-11/h8H,3-7,12H2,1-2H3,(H,13,16). The molecular formula is C11H20N4O2. The third-order valence-corrected chi connectivity index (χ3v) is 2.50. The van der Waals surface area contributed by atoms with Gasteiger partial charge in [0, 0.05) is 19.4 Å². The lowest BCUT2D eigenvalue weighted by atomic mass is 10.1. The molecule has 0 spiro atoms. The first-order valence-corrected chi connectivity index (χ1v) is 5.87. The maximum Gasteiger partial charge on any atom is 0.228 e.